The Bertz CT molecular complexity index is 517. The number of hydrogen-bond donors (Lipinski definition) is 2. The van der Waals surface area contributed by atoms with Crippen molar-refractivity contribution < 1.29 is 48.3 Å². The zero-order valence-corrected chi connectivity index (χ0v) is 17.8. The van der Waals surface area contributed by atoms with Crippen LogP contribution in [-0.2, 0) is 38.1 Å². The summed E-state index contributed by atoms with van der Waals surface area (Å²) in [6, 6.07) is 0. The molecular formula is C20H33NO10. The van der Waals surface area contributed by atoms with Crippen LogP contribution >= 0.6 is 0 Å². The molecule has 0 bridgehead atoms. The van der Waals surface area contributed by atoms with Crippen LogP contribution in [0, 0.1) is 12.3 Å². The van der Waals surface area contributed by atoms with Gasteiger partial charge in [-0.3, -0.25) is 14.4 Å². The van der Waals surface area contributed by atoms with Gasteiger partial charge in [0, 0.05) is 13.1 Å². The molecule has 0 aliphatic rings. The summed E-state index contributed by atoms with van der Waals surface area (Å²) >= 11 is 0. The standard InChI is InChI=1S/C20H33NO10/c1-2-8-27-10-12-29-14-16-31-17-15-30-13-11-28-9-5-18(22)21(6-3-19(23)24)7-4-20(25)26/h1H,3-17H2,(H,23,24)(H,25,26). The molecule has 0 aromatic carbocycles. The van der Waals surface area contributed by atoms with Crippen LogP contribution in [0.4, 0.5) is 0 Å². The maximum Gasteiger partial charge on any atom is 0.305 e. The first-order valence-corrected chi connectivity index (χ1v) is 10.0. The second-order valence-corrected chi connectivity index (χ2v) is 6.12. The maximum absolute atomic E-state index is 12.1. The number of rotatable bonds is 22. The Balaban J connectivity index is 3.58. The van der Waals surface area contributed by atoms with Crippen LogP contribution in [-0.4, -0.2) is 112 Å². The minimum atomic E-state index is -1.05. The summed E-state index contributed by atoms with van der Waals surface area (Å²) < 4.78 is 26.3. The van der Waals surface area contributed by atoms with Crippen molar-refractivity contribution in [3.05, 3.63) is 0 Å². The van der Waals surface area contributed by atoms with Gasteiger partial charge in [0.25, 0.3) is 0 Å². The molecule has 0 aliphatic carbocycles. The highest BCUT2D eigenvalue weighted by molar-refractivity contribution is 5.78. The van der Waals surface area contributed by atoms with Gasteiger partial charge in [-0.1, -0.05) is 5.92 Å². The lowest BCUT2D eigenvalue weighted by molar-refractivity contribution is -0.139. The Morgan fingerprint density at radius 2 is 1.03 bits per heavy atom. The van der Waals surface area contributed by atoms with Crippen LogP contribution in [0.15, 0.2) is 0 Å². The van der Waals surface area contributed by atoms with E-state index in [4.69, 9.17) is 40.3 Å². The predicted molar refractivity (Wildman–Crippen MR) is 109 cm³/mol. The third-order valence-electron chi connectivity index (χ3n) is 3.68. The van der Waals surface area contributed by atoms with Crippen molar-refractivity contribution in [2.24, 2.45) is 0 Å². The molecule has 0 heterocycles. The van der Waals surface area contributed by atoms with E-state index >= 15 is 0 Å². The number of terminal acetylenes is 1. The average molecular weight is 447 g/mol. The number of hydrogen-bond acceptors (Lipinski definition) is 8. The second-order valence-electron chi connectivity index (χ2n) is 6.12. The molecule has 0 saturated carbocycles. The number of carbonyl (C=O) groups is 3. The molecule has 0 atom stereocenters. The van der Waals surface area contributed by atoms with Crippen molar-refractivity contribution in [2.75, 3.05) is 79.2 Å². The smallest absolute Gasteiger partial charge is 0.305 e. The third-order valence-corrected chi connectivity index (χ3v) is 3.68. The monoisotopic (exact) mass is 447 g/mol. The van der Waals surface area contributed by atoms with E-state index in [1.807, 2.05) is 0 Å². The quantitative estimate of drug-likeness (QED) is 0.170. The molecule has 178 valence electrons. The van der Waals surface area contributed by atoms with Crippen molar-refractivity contribution in [3.63, 3.8) is 0 Å². The average Bonchev–Trinajstić information content (AvgIpc) is 2.72. The van der Waals surface area contributed by atoms with Gasteiger partial charge in [0.2, 0.25) is 5.91 Å². The Kier molecular flexibility index (Phi) is 19.5. The van der Waals surface area contributed by atoms with Gasteiger partial charge >= 0.3 is 11.9 Å². The van der Waals surface area contributed by atoms with Gasteiger partial charge in [-0.2, -0.15) is 0 Å². The fourth-order valence-corrected chi connectivity index (χ4v) is 2.15. The van der Waals surface area contributed by atoms with Crippen LogP contribution in [0.25, 0.3) is 0 Å². The normalized spacial score (nSPS) is 10.5. The molecule has 0 aliphatic heterocycles. The highest BCUT2D eigenvalue weighted by Crippen LogP contribution is 2.00. The van der Waals surface area contributed by atoms with E-state index < -0.39 is 11.9 Å². The first-order valence-electron chi connectivity index (χ1n) is 10.0. The molecule has 11 heteroatoms. The van der Waals surface area contributed by atoms with Crippen molar-refractivity contribution in [1.29, 1.82) is 0 Å². The highest BCUT2D eigenvalue weighted by atomic mass is 16.6. The van der Waals surface area contributed by atoms with Crippen molar-refractivity contribution in [2.45, 2.75) is 19.3 Å². The summed E-state index contributed by atoms with van der Waals surface area (Å²) in [6.07, 6.45) is 4.59. The van der Waals surface area contributed by atoms with Crippen molar-refractivity contribution in [3.8, 4) is 12.3 Å². The summed E-state index contributed by atoms with van der Waals surface area (Å²) in [7, 11) is 0. The molecule has 0 aromatic rings. The summed E-state index contributed by atoms with van der Waals surface area (Å²) in [5.41, 5.74) is 0. The van der Waals surface area contributed by atoms with Crippen LogP contribution < -0.4 is 0 Å². The predicted octanol–water partition coefficient (Wildman–Crippen LogP) is -0.129. The minimum Gasteiger partial charge on any atom is -0.481 e. The fourth-order valence-electron chi connectivity index (χ4n) is 2.15. The van der Waals surface area contributed by atoms with Gasteiger partial charge < -0.3 is 38.8 Å². The van der Waals surface area contributed by atoms with E-state index in [9.17, 15) is 14.4 Å². The van der Waals surface area contributed by atoms with E-state index in [2.05, 4.69) is 5.92 Å². The number of amides is 1. The topological polar surface area (TPSA) is 141 Å². The first kappa shape index (κ1) is 28.8. The zero-order valence-electron chi connectivity index (χ0n) is 17.8. The van der Waals surface area contributed by atoms with E-state index in [1.165, 1.54) is 4.90 Å². The number of nitrogens with zero attached hydrogens (tertiary/aromatic N) is 1. The van der Waals surface area contributed by atoms with E-state index in [0.29, 0.717) is 46.2 Å². The number of aliphatic carboxylic acids is 2. The molecule has 1 amide bonds. The van der Waals surface area contributed by atoms with Gasteiger partial charge in [-0.05, 0) is 0 Å². The molecule has 0 radical (unpaired) electrons. The minimum absolute atomic E-state index is 0.0326. The molecule has 11 nitrogen and oxygen atoms in total. The molecule has 0 saturated heterocycles. The molecule has 0 rings (SSSR count). The van der Waals surface area contributed by atoms with Crippen LogP contribution in [0.3, 0.4) is 0 Å². The van der Waals surface area contributed by atoms with Crippen LogP contribution in [0.1, 0.15) is 19.3 Å². The maximum atomic E-state index is 12.1. The summed E-state index contributed by atoms with van der Waals surface area (Å²) in [6.45, 7) is 3.57. The van der Waals surface area contributed by atoms with E-state index in [1.54, 1.807) is 0 Å². The summed E-state index contributed by atoms with van der Waals surface area (Å²) in [4.78, 5) is 34.7. The highest BCUT2D eigenvalue weighted by Gasteiger charge is 2.15. The molecule has 0 aromatic heterocycles. The number of carboxylic acid groups (broad SMARTS) is 2. The van der Waals surface area contributed by atoms with Crippen molar-refractivity contribution >= 4 is 17.8 Å². The van der Waals surface area contributed by atoms with Crippen LogP contribution in [0.2, 0.25) is 0 Å². The summed E-state index contributed by atoms with van der Waals surface area (Å²) in [5.74, 6) is -0.0881. The Morgan fingerprint density at radius 1 is 0.645 bits per heavy atom. The number of ether oxygens (including phenoxy) is 5. The molecule has 31 heavy (non-hydrogen) atoms. The summed E-state index contributed by atoms with van der Waals surface area (Å²) in [5, 5.41) is 17.5. The first-order chi connectivity index (χ1) is 15.0. The molecule has 0 unspecified atom stereocenters. The lowest BCUT2D eigenvalue weighted by Gasteiger charge is -2.21. The van der Waals surface area contributed by atoms with Gasteiger partial charge in [0.05, 0.1) is 78.7 Å². The van der Waals surface area contributed by atoms with Gasteiger partial charge in [0.1, 0.15) is 6.61 Å². The van der Waals surface area contributed by atoms with Crippen LogP contribution in [0.5, 0.6) is 0 Å². The molecule has 2 N–H and O–H groups in total. The SMILES string of the molecule is C#CCOCCOCCOCCOCCOCCC(=O)N(CCC(=O)O)CCC(=O)O. The zero-order chi connectivity index (χ0) is 23.2. The van der Waals surface area contributed by atoms with E-state index in [0.717, 1.165) is 0 Å². The largest absolute Gasteiger partial charge is 0.481 e. The Morgan fingerprint density at radius 3 is 1.42 bits per heavy atom. The third kappa shape index (κ3) is 20.8. The Labute approximate surface area is 182 Å². The van der Waals surface area contributed by atoms with Gasteiger partial charge in [-0.15, -0.1) is 6.42 Å². The van der Waals surface area contributed by atoms with Gasteiger partial charge in [-0.25, -0.2) is 0 Å². The number of carbonyl (C=O) groups excluding carboxylic acids is 1. The lowest BCUT2D eigenvalue weighted by atomic mass is 10.3. The molecule has 0 fully saturated rings. The van der Waals surface area contributed by atoms with Gasteiger partial charge in [0.15, 0.2) is 0 Å². The second kappa shape index (κ2) is 21.0. The fraction of sp³-hybridized carbons (Fsp3) is 0.750. The Hall–Kier alpha value is -2.23. The van der Waals surface area contributed by atoms with E-state index in [-0.39, 0.29) is 58.1 Å². The van der Waals surface area contributed by atoms with Crippen molar-refractivity contribution in [1.82, 2.24) is 4.90 Å². The number of carboxylic acids is 2. The molecular weight excluding hydrogens is 414 g/mol. The lowest BCUT2D eigenvalue weighted by Crippen LogP contribution is -2.35. The molecule has 0 spiro atoms.